The Kier molecular flexibility index (Phi) is 9.40. The minimum Gasteiger partial charge on any atom is -0.462 e. The number of allylic oxidation sites excluding steroid dienone is 4. The molecule has 0 radical (unpaired) electrons. The van der Waals surface area contributed by atoms with Crippen molar-refractivity contribution in [1.82, 2.24) is 0 Å². The average Bonchev–Trinajstić information content (AvgIpc) is 2.82. The number of carbonyl (C=O) groups excluding carboxylic acids is 1. The van der Waals surface area contributed by atoms with Gasteiger partial charge in [-0.1, -0.05) is 49.4 Å². The van der Waals surface area contributed by atoms with Crippen LogP contribution < -0.4 is 0 Å². The van der Waals surface area contributed by atoms with Crippen LogP contribution in [0.3, 0.4) is 0 Å². The molecule has 2 fully saturated rings. The number of rotatable bonds is 8. The number of carbonyl (C=O) groups is 1. The van der Waals surface area contributed by atoms with Gasteiger partial charge in [0.2, 0.25) is 0 Å². The van der Waals surface area contributed by atoms with Crippen LogP contribution in [0.5, 0.6) is 0 Å². The van der Waals surface area contributed by atoms with Crippen molar-refractivity contribution in [3.63, 3.8) is 0 Å². The second-order valence-corrected chi connectivity index (χ2v) is 9.22. The largest absolute Gasteiger partial charge is 0.462 e. The van der Waals surface area contributed by atoms with Crippen molar-refractivity contribution in [2.75, 3.05) is 0 Å². The zero-order valence-corrected chi connectivity index (χ0v) is 19.0. The van der Waals surface area contributed by atoms with Crippen molar-refractivity contribution < 1.29 is 9.53 Å². The van der Waals surface area contributed by atoms with Gasteiger partial charge >= 0.3 is 5.97 Å². The lowest BCUT2D eigenvalue weighted by molar-refractivity contribution is -0.157. The minimum absolute atomic E-state index is 0.0513. The molecule has 3 nitrogen and oxygen atoms in total. The van der Waals surface area contributed by atoms with Gasteiger partial charge in [0, 0.05) is 6.08 Å². The molecule has 0 atom stereocenters. The Morgan fingerprint density at radius 2 is 1.74 bits per heavy atom. The molecule has 0 bridgehead atoms. The van der Waals surface area contributed by atoms with Gasteiger partial charge < -0.3 is 4.74 Å². The van der Waals surface area contributed by atoms with Gasteiger partial charge in [0.15, 0.2) is 0 Å². The van der Waals surface area contributed by atoms with Crippen molar-refractivity contribution in [2.24, 2.45) is 11.8 Å². The molecule has 3 heteroatoms. The number of nitriles is 1. The maximum Gasteiger partial charge on any atom is 0.309 e. The number of ether oxygens (including phenoxy) is 1. The van der Waals surface area contributed by atoms with E-state index in [0.717, 1.165) is 70.1 Å². The summed E-state index contributed by atoms with van der Waals surface area (Å²) < 4.78 is 5.93. The van der Waals surface area contributed by atoms with Gasteiger partial charge in [-0.25, -0.2) is 0 Å². The third-order valence-corrected chi connectivity index (χ3v) is 7.16. The first kappa shape index (κ1) is 23.3. The Morgan fingerprint density at radius 3 is 2.39 bits per heavy atom. The second kappa shape index (κ2) is 12.5. The summed E-state index contributed by atoms with van der Waals surface area (Å²) in [5, 5.41) is 8.47. The van der Waals surface area contributed by atoms with Gasteiger partial charge in [-0.3, -0.25) is 4.79 Å². The third kappa shape index (κ3) is 7.39. The minimum atomic E-state index is 0.0513. The van der Waals surface area contributed by atoms with E-state index in [9.17, 15) is 4.79 Å². The Balaban J connectivity index is 1.34. The molecule has 1 aromatic carbocycles. The van der Waals surface area contributed by atoms with Crippen LogP contribution in [0.1, 0.15) is 88.2 Å². The van der Waals surface area contributed by atoms with Crippen molar-refractivity contribution in [3.8, 4) is 6.07 Å². The van der Waals surface area contributed by atoms with Gasteiger partial charge in [0.1, 0.15) is 6.10 Å². The molecule has 0 aromatic heterocycles. The van der Waals surface area contributed by atoms with Crippen LogP contribution in [-0.2, 0) is 16.0 Å². The Hall–Kier alpha value is -2.34. The Labute approximate surface area is 188 Å². The highest BCUT2D eigenvalue weighted by molar-refractivity contribution is 5.72. The quantitative estimate of drug-likeness (QED) is 0.258. The number of nitrogens with zero attached hydrogens (tertiary/aromatic N) is 1. The smallest absolute Gasteiger partial charge is 0.309 e. The lowest BCUT2D eigenvalue weighted by atomic mass is 9.78. The number of benzene rings is 1. The third-order valence-electron chi connectivity index (χ3n) is 7.16. The molecule has 1 aromatic rings. The standard InChI is InChI=1S/C28H37NO2/c1-2-22-9-13-24(14-10-22)25-15-17-26(18-16-25)28(30)31-27-19-11-23(12-20-27)8-6-4-3-5-7-21-29/h3-5,7,9-10,13-14,23,25-27H,2,6,8,11-12,15-20H2,1H3/t23-,25-,26-,27-. The van der Waals surface area contributed by atoms with E-state index in [-0.39, 0.29) is 18.0 Å². The van der Waals surface area contributed by atoms with Crippen molar-refractivity contribution in [2.45, 2.75) is 89.6 Å². The average molecular weight is 420 g/mol. The predicted molar refractivity (Wildman–Crippen MR) is 125 cm³/mol. The summed E-state index contributed by atoms with van der Waals surface area (Å²) in [6.45, 7) is 2.19. The van der Waals surface area contributed by atoms with Crippen molar-refractivity contribution >= 4 is 5.97 Å². The number of esters is 1. The monoisotopic (exact) mass is 419 g/mol. The molecule has 0 N–H and O–H groups in total. The predicted octanol–water partition coefficient (Wildman–Crippen LogP) is 7.04. The van der Waals surface area contributed by atoms with E-state index >= 15 is 0 Å². The molecule has 0 unspecified atom stereocenters. The highest BCUT2D eigenvalue weighted by atomic mass is 16.5. The van der Waals surface area contributed by atoms with Crippen LogP contribution in [0.2, 0.25) is 0 Å². The first-order valence-corrected chi connectivity index (χ1v) is 12.2. The first-order valence-electron chi connectivity index (χ1n) is 12.2. The highest BCUT2D eigenvalue weighted by Gasteiger charge is 2.31. The van der Waals surface area contributed by atoms with E-state index in [1.54, 1.807) is 6.08 Å². The van der Waals surface area contributed by atoms with Crippen LogP contribution in [0.15, 0.2) is 48.6 Å². The summed E-state index contributed by atoms with van der Waals surface area (Å²) in [5.41, 5.74) is 2.82. The molecule has 0 saturated heterocycles. The SMILES string of the molecule is CCc1ccc([C@H]2CC[C@H](C(=O)O[C@H]3CC[C@H](CCC=CC=CC#N)CC3)CC2)cc1. The fourth-order valence-electron chi connectivity index (χ4n) is 5.09. The molecular weight excluding hydrogens is 382 g/mol. The molecule has 31 heavy (non-hydrogen) atoms. The number of hydrogen-bond acceptors (Lipinski definition) is 3. The summed E-state index contributed by atoms with van der Waals surface area (Å²) in [5.74, 6) is 1.47. The van der Waals surface area contributed by atoms with Crippen LogP contribution in [0.25, 0.3) is 0 Å². The maximum atomic E-state index is 12.7. The molecule has 166 valence electrons. The van der Waals surface area contributed by atoms with E-state index in [1.807, 2.05) is 12.1 Å². The normalized spacial score (nSPS) is 26.7. The molecule has 0 amide bonds. The van der Waals surface area contributed by atoms with Gasteiger partial charge in [0.25, 0.3) is 0 Å². The van der Waals surface area contributed by atoms with Crippen LogP contribution in [-0.4, -0.2) is 12.1 Å². The maximum absolute atomic E-state index is 12.7. The van der Waals surface area contributed by atoms with E-state index in [4.69, 9.17) is 10.00 Å². The zero-order valence-electron chi connectivity index (χ0n) is 19.0. The Morgan fingerprint density at radius 1 is 1.03 bits per heavy atom. The van der Waals surface area contributed by atoms with Crippen molar-refractivity contribution in [1.29, 1.82) is 5.26 Å². The summed E-state index contributed by atoms with van der Waals surface area (Å²) in [6.07, 6.45) is 19.2. The number of hydrogen-bond donors (Lipinski definition) is 0. The van der Waals surface area contributed by atoms with Gasteiger partial charge in [0.05, 0.1) is 12.0 Å². The topological polar surface area (TPSA) is 50.1 Å². The molecule has 2 aliphatic carbocycles. The van der Waals surface area contributed by atoms with Crippen LogP contribution in [0.4, 0.5) is 0 Å². The van der Waals surface area contributed by atoms with E-state index in [2.05, 4.69) is 37.3 Å². The van der Waals surface area contributed by atoms with Crippen LogP contribution in [0, 0.1) is 23.2 Å². The molecule has 3 rings (SSSR count). The van der Waals surface area contributed by atoms with E-state index in [1.165, 1.54) is 23.6 Å². The lowest BCUT2D eigenvalue weighted by Gasteiger charge is -2.31. The molecular formula is C28H37NO2. The lowest BCUT2D eigenvalue weighted by Crippen LogP contribution is -2.29. The molecule has 0 heterocycles. The van der Waals surface area contributed by atoms with Gasteiger partial charge in [-0.15, -0.1) is 0 Å². The molecule has 0 spiro atoms. The fourth-order valence-corrected chi connectivity index (χ4v) is 5.09. The van der Waals surface area contributed by atoms with Gasteiger partial charge in [-0.05, 0) is 93.6 Å². The summed E-state index contributed by atoms with van der Waals surface area (Å²) in [4.78, 5) is 12.7. The zero-order chi connectivity index (χ0) is 21.9. The first-order chi connectivity index (χ1) is 15.2. The Bertz CT molecular complexity index is 770. The molecule has 2 saturated carbocycles. The summed E-state index contributed by atoms with van der Waals surface area (Å²) >= 11 is 0. The van der Waals surface area contributed by atoms with Crippen molar-refractivity contribution in [3.05, 3.63) is 59.7 Å². The van der Waals surface area contributed by atoms with E-state index in [0.29, 0.717) is 5.92 Å². The van der Waals surface area contributed by atoms with Gasteiger partial charge in [-0.2, -0.15) is 5.26 Å². The summed E-state index contributed by atoms with van der Waals surface area (Å²) in [6, 6.07) is 11.0. The molecule has 0 aliphatic heterocycles. The second-order valence-electron chi connectivity index (χ2n) is 9.22. The van der Waals surface area contributed by atoms with E-state index < -0.39 is 0 Å². The summed E-state index contributed by atoms with van der Waals surface area (Å²) in [7, 11) is 0. The molecule has 2 aliphatic rings. The highest BCUT2D eigenvalue weighted by Crippen LogP contribution is 2.37. The number of aryl methyl sites for hydroxylation is 1. The van der Waals surface area contributed by atoms with Crippen LogP contribution >= 0.6 is 0 Å². The fraction of sp³-hybridized carbons (Fsp3) is 0.571.